The normalized spacial score (nSPS) is 11.6. The van der Waals surface area contributed by atoms with Gasteiger partial charge in [0.15, 0.2) is 0 Å². The van der Waals surface area contributed by atoms with Crippen LogP contribution in [0.25, 0.3) is 87.6 Å². The molecule has 1 aromatic heterocycles. The van der Waals surface area contributed by atoms with Crippen LogP contribution in [0.4, 0.5) is 17.1 Å². The van der Waals surface area contributed by atoms with Crippen LogP contribution in [0.2, 0.25) is 0 Å². The van der Waals surface area contributed by atoms with E-state index < -0.39 is 0 Å². The minimum absolute atomic E-state index is 0.881. The monoisotopic (exact) mass is 713 g/mol. The van der Waals surface area contributed by atoms with Gasteiger partial charge < -0.3 is 9.32 Å². The van der Waals surface area contributed by atoms with Crippen molar-refractivity contribution in [2.75, 3.05) is 4.90 Å². The first kappa shape index (κ1) is 32.0. The molecule has 2 nitrogen and oxygen atoms in total. The summed E-state index contributed by atoms with van der Waals surface area (Å²) in [6, 6.07) is 76.5. The Morgan fingerprint density at radius 2 is 0.875 bits per heavy atom. The van der Waals surface area contributed by atoms with E-state index >= 15 is 0 Å². The van der Waals surface area contributed by atoms with Crippen molar-refractivity contribution in [3.8, 4) is 33.4 Å². The molecule has 262 valence electrons. The Morgan fingerprint density at radius 3 is 1.70 bits per heavy atom. The highest BCUT2D eigenvalue weighted by molar-refractivity contribution is 6.20. The van der Waals surface area contributed by atoms with Gasteiger partial charge in [-0.05, 0) is 91.6 Å². The van der Waals surface area contributed by atoms with Crippen molar-refractivity contribution in [1.82, 2.24) is 0 Å². The van der Waals surface area contributed by atoms with Gasteiger partial charge in [0.25, 0.3) is 0 Å². The van der Waals surface area contributed by atoms with Crippen LogP contribution in [0.15, 0.2) is 217 Å². The first-order valence-electron chi connectivity index (χ1n) is 19.2. The van der Waals surface area contributed by atoms with Crippen LogP contribution in [-0.2, 0) is 0 Å². The van der Waals surface area contributed by atoms with Gasteiger partial charge in [-0.2, -0.15) is 0 Å². The third-order valence-electron chi connectivity index (χ3n) is 11.3. The highest BCUT2D eigenvalue weighted by atomic mass is 16.3. The lowest BCUT2D eigenvalue weighted by Gasteiger charge is -2.30. The lowest BCUT2D eigenvalue weighted by Crippen LogP contribution is -2.12. The molecule has 0 N–H and O–H groups in total. The molecular formula is C54H35NO. The van der Waals surface area contributed by atoms with Crippen LogP contribution in [0.1, 0.15) is 0 Å². The topological polar surface area (TPSA) is 16.4 Å². The summed E-state index contributed by atoms with van der Waals surface area (Å²) >= 11 is 0. The molecule has 11 rings (SSSR count). The molecule has 0 fully saturated rings. The Morgan fingerprint density at radius 1 is 0.321 bits per heavy atom. The van der Waals surface area contributed by atoms with Crippen LogP contribution < -0.4 is 4.90 Å². The summed E-state index contributed by atoms with van der Waals surface area (Å²) in [7, 11) is 0. The average Bonchev–Trinajstić information content (AvgIpc) is 3.67. The molecule has 1 heterocycles. The van der Waals surface area contributed by atoms with E-state index in [1.54, 1.807) is 0 Å². The zero-order chi connectivity index (χ0) is 37.0. The number of hydrogen-bond donors (Lipinski definition) is 0. The number of rotatable bonds is 6. The fourth-order valence-electron chi connectivity index (χ4n) is 8.61. The van der Waals surface area contributed by atoms with E-state index in [-0.39, 0.29) is 0 Å². The molecule has 0 atom stereocenters. The number of furan rings is 1. The molecule has 10 aromatic carbocycles. The van der Waals surface area contributed by atoms with Crippen LogP contribution in [0, 0.1) is 0 Å². The number of fused-ring (bicyclic) bond motifs is 8. The second-order valence-electron chi connectivity index (χ2n) is 14.4. The highest BCUT2D eigenvalue weighted by Crippen LogP contribution is 2.48. The fraction of sp³-hybridized carbons (Fsp3) is 0. The molecule has 0 saturated carbocycles. The van der Waals surface area contributed by atoms with Gasteiger partial charge in [0, 0.05) is 33.0 Å². The van der Waals surface area contributed by atoms with Crippen molar-refractivity contribution in [3.63, 3.8) is 0 Å². The largest absolute Gasteiger partial charge is 0.455 e. The Kier molecular flexibility index (Phi) is 7.53. The molecule has 2 heteroatoms. The number of anilines is 3. The van der Waals surface area contributed by atoms with Gasteiger partial charge >= 0.3 is 0 Å². The first-order chi connectivity index (χ1) is 27.8. The van der Waals surface area contributed by atoms with Crippen molar-refractivity contribution >= 4 is 71.3 Å². The summed E-state index contributed by atoms with van der Waals surface area (Å²) in [5, 5.41) is 9.54. The van der Waals surface area contributed by atoms with E-state index in [1.807, 2.05) is 0 Å². The third-order valence-corrected chi connectivity index (χ3v) is 11.3. The quantitative estimate of drug-likeness (QED) is 0.160. The van der Waals surface area contributed by atoms with E-state index in [2.05, 4.69) is 217 Å². The number of nitrogens with zero attached hydrogens (tertiary/aromatic N) is 1. The minimum atomic E-state index is 0.881. The summed E-state index contributed by atoms with van der Waals surface area (Å²) in [6.45, 7) is 0. The van der Waals surface area contributed by atoms with Crippen molar-refractivity contribution in [2.24, 2.45) is 0 Å². The molecule has 0 aliphatic carbocycles. The van der Waals surface area contributed by atoms with Crippen LogP contribution >= 0.6 is 0 Å². The molecule has 0 aliphatic rings. The Balaban J connectivity index is 1.14. The molecule has 0 radical (unpaired) electrons. The molecule has 0 aliphatic heterocycles. The standard InChI is InChI=1S/C54H35NO/c1-2-13-36(14-3-1)37-27-31-42(32-28-37)55(50-22-10-8-18-45(50)41-30-33-44-40(35-41)26-25-38-15-4-6-17-43(38)44)51-23-11-9-20-47(51)48-21-12-24-52-53(48)49-34-29-39-16-5-7-19-46(39)54(49)56-52/h1-35H. The molecular weight excluding hydrogens is 679 g/mol. The van der Waals surface area contributed by atoms with Gasteiger partial charge in [-0.1, -0.05) is 170 Å². The molecule has 11 aromatic rings. The van der Waals surface area contributed by atoms with Gasteiger partial charge in [0.2, 0.25) is 0 Å². The Bertz CT molecular complexity index is 3250. The van der Waals surface area contributed by atoms with Crippen molar-refractivity contribution in [2.45, 2.75) is 0 Å². The summed E-state index contributed by atoms with van der Waals surface area (Å²) in [5.41, 5.74) is 12.0. The van der Waals surface area contributed by atoms with Gasteiger partial charge in [-0.25, -0.2) is 0 Å². The number of hydrogen-bond acceptors (Lipinski definition) is 2. The molecule has 56 heavy (non-hydrogen) atoms. The van der Waals surface area contributed by atoms with Gasteiger partial charge in [-0.3, -0.25) is 0 Å². The van der Waals surface area contributed by atoms with E-state index in [9.17, 15) is 0 Å². The fourth-order valence-corrected chi connectivity index (χ4v) is 8.61. The van der Waals surface area contributed by atoms with Gasteiger partial charge in [0.1, 0.15) is 11.2 Å². The Hall–Kier alpha value is -7.42. The lowest BCUT2D eigenvalue weighted by molar-refractivity contribution is 0.673. The minimum Gasteiger partial charge on any atom is -0.455 e. The summed E-state index contributed by atoms with van der Waals surface area (Å²) < 4.78 is 6.68. The molecule has 0 unspecified atom stereocenters. The number of para-hydroxylation sites is 2. The van der Waals surface area contributed by atoms with E-state index in [0.29, 0.717) is 0 Å². The van der Waals surface area contributed by atoms with Crippen LogP contribution in [0.5, 0.6) is 0 Å². The second-order valence-corrected chi connectivity index (χ2v) is 14.4. The van der Waals surface area contributed by atoms with Crippen molar-refractivity contribution in [1.29, 1.82) is 0 Å². The molecule has 0 saturated heterocycles. The first-order valence-corrected chi connectivity index (χ1v) is 19.2. The lowest BCUT2D eigenvalue weighted by atomic mass is 9.94. The molecule has 0 bridgehead atoms. The summed E-state index contributed by atoms with van der Waals surface area (Å²) in [5.74, 6) is 0. The SMILES string of the molecule is c1ccc(-c2ccc(N(c3ccccc3-c3ccc4c(ccc5ccccc54)c3)c3ccccc3-c3cccc4oc5c6ccccc6ccc5c34)cc2)cc1. The average molecular weight is 714 g/mol. The second kappa shape index (κ2) is 13.2. The van der Waals surface area contributed by atoms with Crippen LogP contribution in [0.3, 0.4) is 0 Å². The maximum absolute atomic E-state index is 6.68. The highest BCUT2D eigenvalue weighted by Gasteiger charge is 2.23. The predicted molar refractivity (Wildman–Crippen MR) is 237 cm³/mol. The predicted octanol–water partition coefficient (Wildman–Crippen LogP) is 15.5. The summed E-state index contributed by atoms with van der Waals surface area (Å²) in [6.07, 6.45) is 0. The third kappa shape index (κ3) is 5.26. The molecule has 0 amide bonds. The van der Waals surface area contributed by atoms with Crippen molar-refractivity contribution < 1.29 is 4.42 Å². The van der Waals surface area contributed by atoms with Crippen LogP contribution in [-0.4, -0.2) is 0 Å². The maximum Gasteiger partial charge on any atom is 0.143 e. The van der Waals surface area contributed by atoms with Gasteiger partial charge in [-0.15, -0.1) is 0 Å². The van der Waals surface area contributed by atoms with Crippen molar-refractivity contribution in [3.05, 3.63) is 212 Å². The van der Waals surface area contributed by atoms with Gasteiger partial charge in [0.05, 0.1) is 11.4 Å². The van der Waals surface area contributed by atoms with E-state index in [1.165, 1.54) is 43.6 Å². The summed E-state index contributed by atoms with van der Waals surface area (Å²) in [4.78, 5) is 2.43. The maximum atomic E-state index is 6.68. The zero-order valence-corrected chi connectivity index (χ0v) is 30.6. The zero-order valence-electron chi connectivity index (χ0n) is 30.6. The number of benzene rings is 10. The van der Waals surface area contributed by atoms with E-state index in [0.717, 1.165) is 61.1 Å². The molecule has 0 spiro atoms. The Labute approximate surface area is 325 Å². The van der Waals surface area contributed by atoms with E-state index in [4.69, 9.17) is 4.42 Å². The smallest absolute Gasteiger partial charge is 0.143 e.